The zero-order valence-corrected chi connectivity index (χ0v) is 15.1. The Labute approximate surface area is 157 Å². The van der Waals surface area contributed by atoms with Crippen molar-refractivity contribution in [1.82, 2.24) is 19.8 Å². The summed E-state index contributed by atoms with van der Waals surface area (Å²) >= 11 is 0. The molecular formula is C21H22N4O2. The van der Waals surface area contributed by atoms with E-state index in [1.165, 1.54) is 5.56 Å². The molecule has 2 aromatic carbocycles. The smallest absolute Gasteiger partial charge is 0.253 e. The van der Waals surface area contributed by atoms with E-state index in [2.05, 4.69) is 39.0 Å². The van der Waals surface area contributed by atoms with E-state index in [9.17, 15) is 9.90 Å². The van der Waals surface area contributed by atoms with Gasteiger partial charge in [-0.2, -0.15) is 0 Å². The molecule has 1 fully saturated rings. The van der Waals surface area contributed by atoms with Crippen LogP contribution < -0.4 is 5.32 Å². The summed E-state index contributed by atoms with van der Waals surface area (Å²) < 4.78 is 2.15. The number of rotatable bonds is 3. The number of nitrogens with zero attached hydrogens (tertiary/aromatic N) is 3. The Morgan fingerprint density at radius 1 is 1.15 bits per heavy atom. The van der Waals surface area contributed by atoms with E-state index in [1.807, 2.05) is 18.2 Å². The first kappa shape index (κ1) is 16.5. The average Bonchev–Trinajstić information content (AvgIpc) is 3.20. The first-order chi connectivity index (χ1) is 13.2. The fourth-order valence-electron chi connectivity index (χ4n) is 4.16. The van der Waals surface area contributed by atoms with Gasteiger partial charge in [0.15, 0.2) is 0 Å². The molecule has 0 aliphatic carbocycles. The van der Waals surface area contributed by atoms with E-state index in [0.29, 0.717) is 18.7 Å². The highest BCUT2D eigenvalue weighted by Crippen LogP contribution is 2.28. The molecule has 1 unspecified atom stereocenters. The van der Waals surface area contributed by atoms with E-state index < -0.39 is 0 Å². The van der Waals surface area contributed by atoms with E-state index in [4.69, 9.17) is 4.98 Å². The molecule has 27 heavy (non-hydrogen) atoms. The third kappa shape index (κ3) is 2.91. The minimum absolute atomic E-state index is 0.0334. The zero-order chi connectivity index (χ0) is 18.4. The van der Waals surface area contributed by atoms with Gasteiger partial charge in [0.05, 0.1) is 22.7 Å². The SMILES string of the molecule is O=C1NCCn2c(-c3ccc(CN4CCC(O)C4)cc3)nc3cccc1c32. The van der Waals surface area contributed by atoms with Crippen LogP contribution in [0.25, 0.3) is 22.4 Å². The van der Waals surface area contributed by atoms with Crippen molar-refractivity contribution in [3.8, 4) is 11.4 Å². The van der Waals surface area contributed by atoms with Crippen LogP contribution in [0.1, 0.15) is 22.3 Å². The molecular weight excluding hydrogens is 340 g/mol. The minimum atomic E-state index is -0.191. The van der Waals surface area contributed by atoms with Gasteiger partial charge in [-0.1, -0.05) is 30.3 Å². The van der Waals surface area contributed by atoms with Crippen LogP contribution in [-0.2, 0) is 13.1 Å². The number of amides is 1. The number of aliphatic hydroxyl groups excluding tert-OH is 1. The van der Waals surface area contributed by atoms with Crippen LogP contribution in [0, 0.1) is 0 Å². The van der Waals surface area contributed by atoms with Crippen LogP contribution >= 0.6 is 0 Å². The number of aromatic nitrogens is 2. The summed E-state index contributed by atoms with van der Waals surface area (Å²) in [6.45, 7) is 3.86. The molecule has 1 atom stereocenters. The zero-order valence-electron chi connectivity index (χ0n) is 15.1. The fraction of sp³-hybridized carbons (Fsp3) is 0.333. The number of β-amino-alcohol motifs (C(OH)–C–C–N with tert-alkyl or cyclic N) is 1. The summed E-state index contributed by atoms with van der Waals surface area (Å²) in [7, 11) is 0. The van der Waals surface area contributed by atoms with Crippen molar-refractivity contribution < 1.29 is 9.90 Å². The number of carbonyl (C=O) groups is 1. The summed E-state index contributed by atoms with van der Waals surface area (Å²) in [6, 6.07) is 14.2. The highest BCUT2D eigenvalue weighted by Gasteiger charge is 2.22. The quantitative estimate of drug-likeness (QED) is 0.748. The van der Waals surface area contributed by atoms with E-state index >= 15 is 0 Å². The maximum absolute atomic E-state index is 12.3. The Morgan fingerprint density at radius 3 is 2.78 bits per heavy atom. The summed E-state index contributed by atoms with van der Waals surface area (Å²) in [5.74, 6) is 0.867. The van der Waals surface area contributed by atoms with Gasteiger partial charge in [-0.25, -0.2) is 4.98 Å². The Bertz CT molecular complexity index is 1010. The van der Waals surface area contributed by atoms with Gasteiger partial charge in [0.2, 0.25) is 0 Å². The van der Waals surface area contributed by atoms with E-state index in [0.717, 1.165) is 48.5 Å². The number of carbonyl (C=O) groups excluding carboxylic acids is 1. The van der Waals surface area contributed by atoms with Crippen LogP contribution in [-0.4, -0.2) is 51.2 Å². The normalized spacial score (nSPS) is 20.0. The third-order valence-corrected chi connectivity index (χ3v) is 5.50. The second kappa shape index (κ2) is 6.48. The number of aliphatic hydroxyl groups is 1. The molecule has 6 nitrogen and oxygen atoms in total. The van der Waals surface area contributed by atoms with Gasteiger partial charge in [-0.05, 0) is 24.1 Å². The Hall–Kier alpha value is -2.70. The molecule has 3 aromatic rings. The van der Waals surface area contributed by atoms with Gasteiger partial charge in [-0.15, -0.1) is 0 Å². The van der Waals surface area contributed by atoms with Gasteiger partial charge in [-0.3, -0.25) is 9.69 Å². The monoisotopic (exact) mass is 362 g/mol. The van der Waals surface area contributed by atoms with Crippen molar-refractivity contribution in [2.24, 2.45) is 0 Å². The molecule has 2 N–H and O–H groups in total. The van der Waals surface area contributed by atoms with Gasteiger partial charge < -0.3 is 15.0 Å². The Kier molecular flexibility index (Phi) is 3.95. The number of hydrogen-bond donors (Lipinski definition) is 2. The molecule has 0 bridgehead atoms. The standard InChI is InChI=1S/C21H22N4O2/c26-16-8-10-24(13-16)12-14-4-6-15(7-5-14)20-23-18-3-1-2-17-19(18)25(20)11-9-22-21(17)27/h1-7,16,26H,8-13H2,(H,22,27). The molecule has 2 aliphatic heterocycles. The molecule has 1 aromatic heterocycles. The molecule has 1 saturated heterocycles. The van der Waals surface area contributed by atoms with Crippen LogP contribution in [0.2, 0.25) is 0 Å². The molecule has 1 amide bonds. The van der Waals surface area contributed by atoms with E-state index in [1.54, 1.807) is 0 Å². The Morgan fingerprint density at radius 2 is 2.00 bits per heavy atom. The van der Waals surface area contributed by atoms with Gasteiger partial charge in [0.1, 0.15) is 5.82 Å². The molecule has 3 heterocycles. The summed E-state index contributed by atoms with van der Waals surface area (Å²) in [5.41, 5.74) is 4.74. The van der Waals surface area contributed by atoms with Crippen molar-refractivity contribution in [2.75, 3.05) is 19.6 Å². The first-order valence-corrected chi connectivity index (χ1v) is 9.46. The predicted molar refractivity (Wildman–Crippen MR) is 103 cm³/mol. The number of para-hydroxylation sites is 1. The van der Waals surface area contributed by atoms with Crippen LogP contribution in [0.5, 0.6) is 0 Å². The third-order valence-electron chi connectivity index (χ3n) is 5.50. The molecule has 138 valence electrons. The minimum Gasteiger partial charge on any atom is -0.392 e. The van der Waals surface area contributed by atoms with Crippen molar-refractivity contribution in [3.63, 3.8) is 0 Å². The number of imidazole rings is 1. The molecule has 2 aliphatic rings. The molecule has 0 radical (unpaired) electrons. The van der Waals surface area contributed by atoms with Gasteiger partial charge in [0, 0.05) is 38.3 Å². The topological polar surface area (TPSA) is 70.4 Å². The van der Waals surface area contributed by atoms with Gasteiger partial charge >= 0.3 is 0 Å². The lowest BCUT2D eigenvalue weighted by atomic mass is 10.1. The Balaban J connectivity index is 1.49. The van der Waals surface area contributed by atoms with Crippen molar-refractivity contribution in [2.45, 2.75) is 25.6 Å². The maximum atomic E-state index is 12.3. The van der Waals surface area contributed by atoms with Crippen LogP contribution in [0.15, 0.2) is 42.5 Å². The van der Waals surface area contributed by atoms with Gasteiger partial charge in [0.25, 0.3) is 5.91 Å². The number of benzene rings is 2. The summed E-state index contributed by atoms with van der Waals surface area (Å²) in [6.07, 6.45) is 0.668. The van der Waals surface area contributed by atoms with Crippen molar-refractivity contribution >= 4 is 16.9 Å². The lowest BCUT2D eigenvalue weighted by molar-refractivity contribution is 0.0956. The summed E-state index contributed by atoms with van der Waals surface area (Å²) in [5, 5.41) is 12.6. The lowest BCUT2D eigenvalue weighted by Crippen LogP contribution is -2.24. The van der Waals surface area contributed by atoms with Crippen LogP contribution in [0.4, 0.5) is 0 Å². The average molecular weight is 362 g/mol. The molecule has 0 spiro atoms. The maximum Gasteiger partial charge on any atom is 0.253 e. The largest absolute Gasteiger partial charge is 0.392 e. The molecule has 0 saturated carbocycles. The number of likely N-dealkylation sites (tertiary alicyclic amines) is 1. The second-order valence-corrected chi connectivity index (χ2v) is 7.39. The second-order valence-electron chi connectivity index (χ2n) is 7.39. The molecule has 5 rings (SSSR count). The number of nitrogens with one attached hydrogen (secondary N) is 1. The lowest BCUT2D eigenvalue weighted by Gasteiger charge is -2.15. The van der Waals surface area contributed by atoms with Crippen molar-refractivity contribution in [3.05, 3.63) is 53.6 Å². The predicted octanol–water partition coefficient (Wildman–Crippen LogP) is 2.01. The first-order valence-electron chi connectivity index (χ1n) is 9.46. The highest BCUT2D eigenvalue weighted by molar-refractivity contribution is 6.06. The van der Waals surface area contributed by atoms with E-state index in [-0.39, 0.29) is 12.0 Å². The molecule has 6 heteroatoms. The highest BCUT2D eigenvalue weighted by atomic mass is 16.3. The number of hydrogen-bond acceptors (Lipinski definition) is 4. The van der Waals surface area contributed by atoms with Crippen molar-refractivity contribution in [1.29, 1.82) is 0 Å². The fourth-order valence-corrected chi connectivity index (χ4v) is 4.16. The summed E-state index contributed by atoms with van der Waals surface area (Å²) in [4.78, 5) is 19.4. The van der Waals surface area contributed by atoms with Crippen LogP contribution in [0.3, 0.4) is 0 Å².